The van der Waals surface area contributed by atoms with E-state index in [1.54, 1.807) is 7.11 Å². The van der Waals surface area contributed by atoms with E-state index in [1.807, 2.05) is 55.6 Å². The van der Waals surface area contributed by atoms with Gasteiger partial charge in [0.1, 0.15) is 5.75 Å². The van der Waals surface area contributed by atoms with Gasteiger partial charge in [0.2, 0.25) is 5.91 Å². The van der Waals surface area contributed by atoms with Crippen LogP contribution in [0.25, 0.3) is 10.9 Å². The lowest BCUT2D eigenvalue weighted by atomic mass is 10.1. The fourth-order valence-electron chi connectivity index (χ4n) is 3.00. The second kappa shape index (κ2) is 7.21. The molecule has 2 N–H and O–H groups in total. The molecule has 4 nitrogen and oxygen atoms in total. The van der Waals surface area contributed by atoms with E-state index in [2.05, 4.69) is 16.4 Å². The van der Waals surface area contributed by atoms with Gasteiger partial charge in [-0.2, -0.15) is 0 Å². The monoisotopic (exact) mass is 322 g/mol. The van der Waals surface area contributed by atoms with Crippen molar-refractivity contribution >= 4 is 16.8 Å². The highest BCUT2D eigenvalue weighted by Gasteiger charge is 2.14. The Bertz CT molecular complexity index is 838. The first-order chi connectivity index (χ1) is 11.7. The van der Waals surface area contributed by atoms with Crippen LogP contribution >= 0.6 is 0 Å². The molecule has 0 fully saturated rings. The molecule has 1 heterocycles. The maximum absolute atomic E-state index is 12.3. The lowest BCUT2D eigenvalue weighted by molar-refractivity contribution is -0.121. The molecular formula is C20H22N2O2. The summed E-state index contributed by atoms with van der Waals surface area (Å²) >= 11 is 0. The Morgan fingerprint density at radius 3 is 2.75 bits per heavy atom. The van der Waals surface area contributed by atoms with Crippen LogP contribution in [0.5, 0.6) is 5.75 Å². The molecule has 4 heteroatoms. The van der Waals surface area contributed by atoms with E-state index in [4.69, 9.17) is 4.74 Å². The zero-order valence-corrected chi connectivity index (χ0v) is 14.0. The van der Waals surface area contributed by atoms with E-state index in [9.17, 15) is 4.79 Å². The number of aromatic amines is 1. The van der Waals surface area contributed by atoms with Crippen LogP contribution in [0.15, 0.2) is 54.7 Å². The topological polar surface area (TPSA) is 54.1 Å². The van der Waals surface area contributed by atoms with Gasteiger partial charge >= 0.3 is 0 Å². The van der Waals surface area contributed by atoms with Crippen LogP contribution in [0.2, 0.25) is 0 Å². The van der Waals surface area contributed by atoms with Crippen molar-refractivity contribution < 1.29 is 9.53 Å². The van der Waals surface area contributed by atoms with Crippen LogP contribution in [-0.2, 0) is 11.2 Å². The van der Waals surface area contributed by atoms with Crippen LogP contribution in [0.1, 0.15) is 30.5 Å². The van der Waals surface area contributed by atoms with Crippen LogP contribution < -0.4 is 10.1 Å². The number of H-pyrrole nitrogens is 1. The first kappa shape index (κ1) is 16.1. The molecule has 2 aromatic carbocycles. The van der Waals surface area contributed by atoms with E-state index in [-0.39, 0.29) is 11.9 Å². The Labute approximate surface area is 141 Å². The third-order valence-corrected chi connectivity index (χ3v) is 4.28. The molecule has 0 aliphatic rings. The van der Waals surface area contributed by atoms with Crippen molar-refractivity contribution in [2.75, 3.05) is 7.11 Å². The largest absolute Gasteiger partial charge is 0.496 e. The van der Waals surface area contributed by atoms with Crippen molar-refractivity contribution in [2.45, 2.75) is 25.8 Å². The summed E-state index contributed by atoms with van der Waals surface area (Å²) in [6, 6.07) is 15.8. The zero-order valence-electron chi connectivity index (χ0n) is 14.0. The van der Waals surface area contributed by atoms with Gasteiger partial charge in [-0.15, -0.1) is 0 Å². The molecule has 1 atom stereocenters. The highest BCUT2D eigenvalue weighted by Crippen LogP contribution is 2.24. The van der Waals surface area contributed by atoms with Gasteiger partial charge in [-0.25, -0.2) is 0 Å². The quantitative estimate of drug-likeness (QED) is 0.721. The van der Waals surface area contributed by atoms with Gasteiger partial charge < -0.3 is 15.0 Å². The Morgan fingerprint density at radius 2 is 1.92 bits per heavy atom. The number of nitrogens with one attached hydrogen (secondary N) is 2. The molecule has 0 saturated heterocycles. The summed E-state index contributed by atoms with van der Waals surface area (Å²) in [5, 5.41) is 4.24. The number of hydrogen-bond donors (Lipinski definition) is 2. The van der Waals surface area contributed by atoms with Gasteiger partial charge in [0, 0.05) is 29.1 Å². The van der Waals surface area contributed by atoms with Gasteiger partial charge in [0.05, 0.1) is 13.2 Å². The van der Waals surface area contributed by atoms with Gasteiger partial charge in [0.25, 0.3) is 0 Å². The molecule has 124 valence electrons. The van der Waals surface area contributed by atoms with Crippen LogP contribution in [0.3, 0.4) is 0 Å². The maximum Gasteiger partial charge on any atom is 0.220 e. The summed E-state index contributed by atoms with van der Waals surface area (Å²) in [6.07, 6.45) is 3.16. The van der Waals surface area contributed by atoms with Crippen molar-refractivity contribution in [3.05, 3.63) is 65.9 Å². The lowest BCUT2D eigenvalue weighted by Gasteiger charge is -2.17. The number of rotatable bonds is 6. The Kier molecular flexibility index (Phi) is 4.85. The first-order valence-electron chi connectivity index (χ1n) is 8.16. The third kappa shape index (κ3) is 3.43. The smallest absolute Gasteiger partial charge is 0.220 e. The molecule has 0 radical (unpaired) electrons. The number of benzene rings is 2. The minimum absolute atomic E-state index is 0.0405. The predicted octanol–water partition coefficient (Wildman–Crippen LogP) is 3.99. The van der Waals surface area contributed by atoms with Gasteiger partial charge in [-0.1, -0.05) is 36.4 Å². The molecule has 1 amide bonds. The Balaban J connectivity index is 1.61. The molecule has 0 saturated carbocycles. The van der Waals surface area contributed by atoms with Crippen molar-refractivity contribution in [2.24, 2.45) is 0 Å². The number of hydrogen-bond acceptors (Lipinski definition) is 2. The summed E-state index contributed by atoms with van der Waals surface area (Å²) in [5.74, 6) is 0.834. The Hall–Kier alpha value is -2.75. The molecule has 24 heavy (non-hydrogen) atoms. The highest BCUT2D eigenvalue weighted by molar-refractivity contribution is 5.84. The number of amides is 1. The average Bonchev–Trinajstić information content (AvgIpc) is 3.03. The van der Waals surface area contributed by atoms with Crippen LogP contribution in [0.4, 0.5) is 0 Å². The number of aryl methyl sites for hydroxylation is 1. The molecule has 1 aromatic heterocycles. The number of fused-ring (bicyclic) bond motifs is 1. The Morgan fingerprint density at radius 1 is 1.17 bits per heavy atom. The first-order valence-corrected chi connectivity index (χ1v) is 8.16. The number of aromatic nitrogens is 1. The minimum atomic E-state index is -0.0865. The van der Waals surface area contributed by atoms with Gasteiger partial charge in [-0.3, -0.25) is 4.79 Å². The summed E-state index contributed by atoms with van der Waals surface area (Å²) in [4.78, 5) is 15.5. The number of carbonyl (C=O) groups excluding carboxylic acids is 1. The third-order valence-electron chi connectivity index (χ3n) is 4.28. The summed E-state index contributed by atoms with van der Waals surface area (Å²) in [6.45, 7) is 1.97. The second-order valence-corrected chi connectivity index (χ2v) is 5.89. The second-order valence-electron chi connectivity index (χ2n) is 5.89. The summed E-state index contributed by atoms with van der Waals surface area (Å²) in [5.41, 5.74) is 3.27. The number of ether oxygens (including phenoxy) is 1. The van der Waals surface area contributed by atoms with Crippen LogP contribution in [-0.4, -0.2) is 18.0 Å². The van der Waals surface area contributed by atoms with Crippen molar-refractivity contribution in [3.8, 4) is 5.75 Å². The van der Waals surface area contributed by atoms with Gasteiger partial charge in [-0.05, 0) is 31.0 Å². The van der Waals surface area contributed by atoms with Crippen molar-refractivity contribution in [1.82, 2.24) is 10.3 Å². The fourth-order valence-corrected chi connectivity index (χ4v) is 3.00. The highest BCUT2D eigenvalue weighted by atomic mass is 16.5. The van der Waals surface area contributed by atoms with E-state index in [1.165, 1.54) is 10.9 Å². The molecule has 3 aromatic rings. The predicted molar refractivity (Wildman–Crippen MR) is 96.2 cm³/mol. The van der Waals surface area contributed by atoms with Gasteiger partial charge in [0.15, 0.2) is 0 Å². The SMILES string of the molecule is COc1ccccc1C(C)NC(=O)CCc1c[nH]c2ccccc12. The molecular weight excluding hydrogens is 300 g/mol. The number of para-hydroxylation sites is 2. The van der Waals surface area contributed by atoms with Crippen molar-refractivity contribution in [3.63, 3.8) is 0 Å². The normalized spacial score (nSPS) is 12.1. The van der Waals surface area contributed by atoms with E-state index in [0.29, 0.717) is 12.8 Å². The molecule has 3 rings (SSSR count). The fraction of sp³-hybridized carbons (Fsp3) is 0.250. The molecule has 1 unspecified atom stereocenters. The standard InChI is InChI=1S/C20H22N2O2/c1-14(16-7-4-6-10-19(16)24-2)22-20(23)12-11-15-13-21-18-9-5-3-8-17(15)18/h3-10,13-14,21H,11-12H2,1-2H3,(H,22,23). The van der Waals surface area contributed by atoms with Crippen molar-refractivity contribution in [1.29, 1.82) is 0 Å². The summed E-state index contributed by atoms with van der Waals surface area (Å²) in [7, 11) is 1.64. The number of methoxy groups -OCH3 is 1. The average molecular weight is 322 g/mol. The zero-order chi connectivity index (χ0) is 16.9. The maximum atomic E-state index is 12.3. The molecule has 0 aliphatic carbocycles. The van der Waals surface area contributed by atoms with Crippen LogP contribution in [0, 0.1) is 0 Å². The molecule has 0 bridgehead atoms. The molecule has 0 aliphatic heterocycles. The van der Waals surface area contributed by atoms with E-state index >= 15 is 0 Å². The number of carbonyl (C=O) groups is 1. The van der Waals surface area contributed by atoms with E-state index in [0.717, 1.165) is 16.8 Å². The summed E-state index contributed by atoms with van der Waals surface area (Å²) < 4.78 is 5.36. The molecule has 0 spiro atoms. The minimum Gasteiger partial charge on any atom is -0.496 e. The lowest BCUT2D eigenvalue weighted by Crippen LogP contribution is -2.27. The van der Waals surface area contributed by atoms with E-state index < -0.39 is 0 Å².